The maximum absolute atomic E-state index is 11.0. The summed E-state index contributed by atoms with van der Waals surface area (Å²) in [7, 11) is 0. The van der Waals surface area contributed by atoms with Crippen molar-refractivity contribution in [3.05, 3.63) is 35.4 Å². The summed E-state index contributed by atoms with van der Waals surface area (Å²) in [5.74, 6) is -1.03. The first-order chi connectivity index (χ1) is 8.09. The molecule has 1 aromatic rings. The van der Waals surface area contributed by atoms with Gasteiger partial charge in [0.2, 0.25) is 0 Å². The molecule has 1 heterocycles. The van der Waals surface area contributed by atoms with Gasteiger partial charge in [-0.25, -0.2) is 0 Å². The number of carbonyl (C=O) groups is 1. The summed E-state index contributed by atoms with van der Waals surface area (Å²) < 4.78 is 0. The lowest BCUT2D eigenvalue weighted by Gasteiger charge is -2.35. The summed E-state index contributed by atoms with van der Waals surface area (Å²) in [6, 6.07) is 8.50. The van der Waals surface area contributed by atoms with E-state index in [-0.39, 0.29) is 12.0 Å². The Labute approximate surface area is 102 Å². The van der Waals surface area contributed by atoms with Crippen LogP contribution in [0.15, 0.2) is 24.3 Å². The maximum atomic E-state index is 11.0. The summed E-state index contributed by atoms with van der Waals surface area (Å²) in [4.78, 5) is 13.3. The highest BCUT2D eigenvalue weighted by atomic mass is 16.4. The number of rotatable bonds is 3. The van der Waals surface area contributed by atoms with Crippen molar-refractivity contribution in [1.29, 1.82) is 0 Å². The number of carboxylic acid groups (broad SMARTS) is 1. The first kappa shape index (κ1) is 12.1. The second-order valence-corrected chi connectivity index (χ2v) is 4.86. The molecule has 2 rings (SSSR count). The smallest absolute Gasteiger partial charge is 0.307 e. The minimum absolute atomic E-state index is 0.0841. The predicted octanol–water partition coefficient (Wildman–Crippen LogP) is 2.15. The second-order valence-electron chi connectivity index (χ2n) is 4.86. The molecule has 92 valence electrons. The van der Waals surface area contributed by atoms with E-state index in [4.69, 9.17) is 5.11 Å². The van der Waals surface area contributed by atoms with Crippen LogP contribution in [0.1, 0.15) is 25.0 Å². The fourth-order valence-corrected chi connectivity index (χ4v) is 2.39. The summed E-state index contributed by atoms with van der Waals surface area (Å²) >= 11 is 0. The van der Waals surface area contributed by atoms with Gasteiger partial charge in [-0.15, -0.1) is 0 Å². The number of nitrogens with zero attached hydrogens (tertiary/aromatic N) is 1. The number of carboxylic acids is 1. The predicted molar refractivity (Wildman–Crippen MR) is 66.8 cm³/mol. The molecular weight excluding hydrogens is 214 g/mol. The zero-order chi connectivity index (χ0) is 12.4. The van der Waals surface area contributed by atoms with Crippen molar-refractivity contribution >= 4 is 5.97 Å². The molecule has 1 aromatic carbocycles. The highest BCUT2D eigenvalue weighted by molar-refractivity contribution is 5.70. The van der Waals surface area contributed by atoms with Crippen LogP contribution in [0.4, 0.5) is 0 Å². The Morgan fingerprint density at radius 1 is 1.29 bits per heavy atom. The van der Waals surface area contributed by atoms with E-state index in [1.807, 2.05) is 13.0 Å². The molecule has 1 aliphatic rings. The fourth-order valence-electron chi connectivity index (χ4n) is 2.39. The second kappa shape index (κ2) is 4.88. The van der Waals surface area contributed by atoms with Crippen LogP contribution in [0, 0.1) is 5.92 Å². The Morgan fingerprint density at radius 2 is 1.94 bits per heavy atom. The summed E-state index contributed by atoms with van der Waals surface area (Å²) in [6.45, 7) is 5.62. The number of hydrogen-bond donors (Lipinski definition) is 1. The van der Waals surface area contributed by atoms with Gasteiger partial charge in [-0.1, -0.05) is 31.2 Å². The van der Waals surface area contributed by atoms with Crippen molar-refractivity contribution in [3.63, 3.8) is 0 Å². The monoisotopic (exact) mass is 233 g/mol. The molecule has 3 heteroatoms. The molecule has 0 aromatic heterocycles. The molecule has 0 saturated carbocycles. The first-order valence-corrected chi connectivity index (χ1v) is 6.13. The van der Waals surface area contributed by atoms with Gasteiger partial charge in [0.15, 0.2) is 0 Å². The Morgan fingerprint density at radius 3 is 2.59 bits per heavy atom. The standard InChI is InChI=1S/C14H19NO2/c1-10(14(16)17)11(2)15-8-7-12-5-3-4-6-13(12)9-15/h3-6,10-11H,7-9H2,1-2H3,(H,16,17). The molecule has 1 N–H and O–H groups in total. The van der Waals surface area contributed by atoms with Gasteiger partial charge in [0.05, 0.1) is 5.92 Å². The van der Waals surface area contributed by atoms with Crippen molar-refractivity contribution < 1.29 is 9.90 Å². The Hall–Kier alpha value is -1.35. The Kier molecular flexibility index (Phi) is 3.48. The minimum atomic E-state index is -0.712. The van der Waals surface area contributed by atoms with Gasteiger partial charge < -0.3 is 5.11 Å². The third kappa shape index (κ3) is 2.50. The van der Waals surface area contributed by atoms with Crippen LogP contribution in [0.2, 0.25) is 0 Å². The van der Waals surface area contributed by atoms with E-state index in [0.29, 0.717) is 0 Å². The molecule has 0 radical (unpaired) electrons. The van der Waals surface area contributed by atoms with Crippen LogP contribution < -0.4 is 0 Å². The molecule has 0 spiro atoms. The van der Waals surface area contributed by atoms with Gasteiger partial charge >= 0.3 is 5.97 Å². The van der Waals surface area contributed by atoms with E-state index in [2.05, 4.69) is 23.1 Å². The summed E-state index contributed by atoms with van der Waals surface area (Å²) in [6.07, 6.45) is 1.02. The van der Waals surface area contributed by atoms with E-state index in [1.54, 1.807) is 6.92 Å². The van der Waals surface area contributed by atoms with Gasteiger partial charge in [0, 0.05) is 19.1 Å². The number of aliphatic carboxylic acids is 1. The Bertz CT molecular complexity index is 416. The van der Waals surface area contributed by atoms with E-state index in [1.165, 1.54) is 11.1 Å². The van der Waals surface area contributed by atoms with Crippen molar-refractivity contribution in [2.24, 2.45) is 5.92 Å². The molecule has 0 fully saturated rings. The van der Waals surface area contributed by atoms with Gasteiger partial charge in [-0.3, -0.25) is 9.69 Å². The fraction of sp³-hybridized carbons (Fsp3) is 0.500. The molecular formula is C14H19NO2. The first-order valence-electron chi connectivity index (χ1n) is 6.13. The van der Waals surface area contributed by atoms with Gasteiger partial charge in [0.25, 0.3) is 0 Å². The van der Waals surface area contributed by atoms with Crippen molar-refractivity contribution in [3.8, 4) is 0 Å². The third-order valence-electron chi connectivity index (χ3n) is 3.85. The van der Waals surface area contributed by atoms with Crippen LogP contribution in [0.5, 0.6) is 0 Å². The van der Waals surface area contributed by atoms with Crippen molar-refractivity contribution in [1.82, 2.24) is 4.90 Å². The van der Waals surface area contributed by atoms with Crippen LogP contribution in [-0.2, 0) is 17.8 Å². The molecule has 2 unspecified atom stereocenters. The normalized spacial score (nSPS) is 19.4. The van der Waals surface area contributed by atoms with Crippen LogP contribution in [0.25, 0.3) is 0 Å². The SMILES string of the molecule is CC(C(=O)O)C(C)N1CCc2ccccc2C1. The minimum Gasteiger partial charge on any atom is -0.481 e. The molecule has 17 heavy (non-hydrogen) atoms. The van der Waals surface area contributed by atoms with E-state index < -0.39 is 5.97 Å². The lowest BCUT2D eigenvalue weighted by atomic mass is 9.95. The maximum Gasteiger partial charge on any atom is 0.307 e. The average Bonchev–Trinajstić information content (AvgIpc) is 2.36. The summed E-state index contributed by atoms with van der Waals surface area (Å²) in [5.41, 5.74) is 2.74. The highest BCUT2D eigenvalue weighted by Gasteiger charge is 2.27. The number of fused-ring (bicyclic) bond motifs is 1. The van der Waals surface area contributed by atoms with Crippen LogP contribution in [0.3, 0.4) is 0 Å². The lowest BCUT2D eigenvalue weighted by molar-refractivity contribution is -0.143. The number of benzene rings is 1. The van der Waals surface area contributed by atoms with Gasteiger partial charge in [0.1, 0.15) is 0 Å². The van der Waals surface area contributed by atoms with E-state index >= 15 is 0 Å². The quantitative estimate of drug-likeness (QED) is 0.869. The molecule has 2 atom stereocenters. The van der Waals surface area contributed by atoms with E-state index in [9.17, 15) is 4.79 Å². The molecule has 0 aliphatic carbocycles. The largest absolute Gasteiger partial charge is 0.481 e. The molecule has 0 amide bonds. The molecule has 0 saturated heterocycles. The van der Waals surface area contributed by atoms with Crippen molar-refractivity contribution in [2.45, 2.75) is 32.9 Å². The number of hydrogen-bond acceptors (Lipinski definition) is 2. The summed E-state index contributed by atoms with van der Waals surface area (Å²) in [5, 5.41) is 9.05. The average molecular weight is 233 g/mol. The topological polar surface area (TPSA) is 40.5 Å². The van der Waals surface area contributed by atoms with E-state index in [0.717, 1.165) is 19.5 Å². The zero-order valence-corrected chi connectivity index (χ0v) is 10.4. The van der Waals surface area contributed by atoms with Crippen molar-refractivity contribution in [2.75, 3.05) is 6.54 Å². The third-order valence-corrected chi connectivity index (χ3v) is 3.85. The Balaban J connectivity index is 2.10. The van der Waals surface area contributed by atoms with Gasteiger partial charge in [-0.05, 0) is 24.5 Å². The van der Waals surface area contributed by atoms with Gasteiger partial charge in [-0.2, -0.15) is 0 Å². The van der Waals surface area contributed by atoms with Crippen LogP contribution in [-0.4, -0.2) is 28.6 Å². The molecule has 1 aliphatic heterocycles. The van der Waals surface area contributed by atoms with Crippen LogP contribution >= 0.6 is 0 Å². The molecule has 0 bridgehead atoms. The zero-order valence-electron chi connectivity index (χ0n) is 10.4. The highest BCUT2D eigenvalue weighted by Crippen LogP contribution is 2.22. The lowest BCUT2D eigenvalue weighted by Crippen LogP contribution is -2.43. The molecule has 3 nitrogen and oxygen atoms in total.